The molecule has 0 saturated heterocycles. The Kier molecular flexibility index (Phi) is 4.61. The van der Waals surface area contributed by atoms with Crippen molar-refractivity contribution >= 4 is 5.97 Å². The average molecular weight is 270 g/mol. The Labute approximate surface area is 103 Å². The van der Waals surface area contributed by atoms with Gasteiger partial charge in [0, 0.05) is 0 Å². The van der Waals surface area contributed by atoms with Crippen LogP contribution in [0.15, 0.2) is 0 Å². The summed E-state index contributed by atoms with van der Waals surface area (Å²) in [5, 5.41) is 18.8. The first kappa shape index (κ1) is 15.2. The van der Waals surface area contributed by atoms with Gasteiger partial charge in [-0.05, 0) is 32.6 Å². The Morgan fingerprint density at radius 1 is 1.44 bits per heavy atom. The molecule has 1 fully saturated rings. The summed E-state index contributed by atoms with van der Waals surface area (Å²) in [6.45, 7) is 0.465. The van der Waals surface area contributed by atoms with Crippen LogP contribution in [-0.2, 0) is 9.53 Å². The zero-order valence-corrected chi connectivity index (χ0v) is 10.0. The average Bonchev–Trinajstić information content (AvgIpc) is 2.25. The Hall–Kier alpha value is -0.820. The van der Waals surface area contributed by atoms with Gasteiger partial charge in [0.15, 0.2) is 6.10 Å². The molecular weight excluding hydrogens is 253 g/mol. The van der Waals surface area contributed by atoms with E-state index in [0.717, 1.165) is 6.92 Å². The van der Waals surface area contributed by atoms with Gasteiger partial charge in [-0.3, -0.25) is 4.79 Å². The lowest BCUT2D eigenvalue weighted by Crippen LogP contribution is -2.42. The Bertz CT molecular complexity index is 295. The minimum absolute atomic E-state index is 0.147. The summed E-state index contributed by atoms with van der Waals surface area (Å²) in [7, 11) is 0. The van der Waals surface area contributed by atoms with Crippen LogP contribution >= 0.6 is 0 Å². The third kappa shape index (κ3) is 4.13. The highest BCUT2D eigenvalue weighted by atomic mass is 19.4. The summed E-state index contributed by atoms with van der Waals surface area (Å²) in [5.41, 5.74) is -1.34. The molecule has 18 heavy (non-hydrogen) atoms. The number of hydrogen-bond donors (Lipinski definition) is 2. The van der Waals surface area contributed by atoms with Gasteiger partial charge in [-0.25, -0.2) is 0 Å². The van der Waals surface area contributed by atoms with E-state index in [-0.39, 0.29) is 25.7 Å². The molecule has 0 amide bonds. The van der Waals surface area contributed by atoms with Crippen molar-refractivity contribution in [3.63, 3.8) is 0 Å². The zero-order valence-electron chi connectivity index (χ0n) is 10.0. The lowest BCUT2D eigenvalue weighted by Gasteiger charge is -2.35. The number of carboxylic acids is 1. The van der Waals surface area contributed by atoms with Crippen LogP contribution in [0.25, 0.3) is 0 Å². The number of aliphatic hydroxyl groups is 1. The highest BCUT2D eigenvalue weighted by Crippen LogP contribution is 2.33. The fourth-order valence-corrected chi connectivity index (χ4v) is 1.92. The maximum absolute atomic E-state index is 12.2. The van der Waals surface area contributed by atoms with Gasteiger partial charge in [0.05, 0.1) is 18.1 Å². The van der Waals surface area contributed by atoms with E-state index >= 15 is 0 Å². The fraction of sp³-hybridized carbons (Fsp3) is 0.909. The van der Waals surface area contributed by atoms with Gasteiger partial charge < -0.3 is 14.9 Å². The largest absolute Gasteiger partial charge is 0.481 e. The zero-order chi connectivity index (χ0) is 14.0. The maximum atomic E-state index is 12.2. The lowest BCUT2D eigenvalue weighted by molar-refractivity contribution is -0.228. The molecule has 0 aromatic rings. The molecule has 1 rings (SSSR count). The molecule has 0 aromatic carbocycles. The topological polar surface area (TPSA) is 66.8 Å². The highest BCUT2D eigenvalue weighted by molar-refractivity contribution is 5.70. The van der Waals surface area contributed by atoms with E-state index in [4.69, 9.17) is 5.11 Å². The smallest absolute Gasteiger partial charge is 0.414 e. The van der Waals surface area contributed by atoms with Gasteiger partial charge in [-0.1, -0.05) is 0 Å². The molecule has 1 aliphatic rings. The van der Waals surface area contributed by atoms with Crippen molar-refractivity contribution in [1.29, 1.82) is 0 Å². The van der Waals surface area contributed by atoms with Crippen molar-refractivity contribution in [2.45, 2.75) is 50.5 Å². The number of carbonyl (C=O) groups is 1. The molecule has 0 aliphatic heterocycles. The second-order valence-corrected chi connectivity index (χ2v) is 4.83. The lowest BCUT2D eigenvalue weighted by atomic mass is 9.79. The number of alkyl halides is 3. The monoisotopic (exact) mass is 270 g/mol. The van der Waals surface area contributed by atoms with Gasteiger partial charge in [0.2, 0.25) is 0 Å². The third-order valence-electron chi connectivity index (χ3n) is 3.33. The molecule has 7 heteroatoms. The molecule has 1 atom stereocenters. The van der Waals surface area contributed by atoms with Crippen LogP contribution in [0.1, 0.15) is 32.6 Å². The summed E-state index contributed by atoms with van der Waals surface area (Å²) < 4.78 is 41.3. The van der Waals surface area contributed by atoms with E-state index in [1.165, 1.54) is 0 Å². The van der Waals surface area contributed by atoms with Gasteiger partial charge >= 0.3 is 12.1 Å². The molecule has 0 bridgehead atoms. The normalized spacial score (nSPS) is 31.1. The quantitative estimate of drug-likeness (QED) is 0.819. The predicted octanol–water partition coefficient (Wildman–Crippen LogP) is 1.96. The number of ether oxygens (including phenoxy) is 1. The first-order valence-electron chi connectivity index (χ1n) is 5.77. The van der Waals surface area contributed by atoms with E-state index in [1.807, 2.05) is 0 Å². The molecular formula is C11H17F3O4. The summed E-state index contributed by atoms with van der Waals surface area (Å²) in [4.78, 5) is 10.7. The van der Waals surface area contributed by atoms with Gasteiger partial charge in [-0.2, -0.15) is 13.2 Å². The van der Waals surface area contributed by atoms with Crippen LogP contribution in [0, 0.1) is 5.92 Å². The van der Waals surface area contributed by atoms with Crippen LogP contribution in [0.5, 0.6) is 0 Å². The van der Waals surface area contributed by atoms with Crippen LogP contribution in [0.3, 0.4) is 0 Å². The number of hydrogen-bond acceptors (Lipinski definition) is 3. The summed E-state index contributed by atoms with van der Waals surface area (Å²) in [6, 6.07) is 0. The van der Waals surface area contributed by atoms with E-state index in [9.17, 15) is 23.1 Å². The number of carboxylic acid groups (broad SMARTS) is 1. The van der Waals surface area contributed by atoms with Crippen molar-refractivity contribution in [1.82, 2.24) is 0 Å². The first-order valence-corrected chi connectivity index (χ1v) is 5.77. The Morgan fingerprint density at radius 3 is 2.33 bits per heavy atom. The van der Waals surface area contributed by atoms with E-state index in [0.29, 0.717) is 0 Å². The predicted molar refractivity (Wildman–Crippen MR) is 56.0 cm³/mol. The molecule has 2 N–H and O–H groups in total. The number of rotatable bonds is 4. The van der Waals surface area contributed by atoms with Crippen molar-refractivity contribution in [2.24, 2.45) is 5.92 Å². The molecule has 106 valence electrons. The molecule has 4 nitrogen and oxygen atoms in total. The summed E-state index contributed by atoms with van der Waals surface area (Å²) in [5.74, 6) is -1.45. The van der Waals surface area contributed by atoms with Gasteiger partial charge in [0.25, 0.3) is 0 Å². The van der Waals surface area contributed by atoms with Crippen LogP contribution < -0.4 is 0 Å². The van der Waals surface area contributed by atoms with Crippen molar-refractivity contribution in [3.8, 4) is 0 Å². The second kappa shape index (κ2) is 5.44. The van der Waals surface area contributed by atoms with Crippen molar-refractivity contribution < 1.29 is 32.9 Å². The minimum atomic E-state index is -4.45. The summed E-state index contributed by atoms with van der Waals surface area (Å²) in [6.07, 6.45) is -5.57. The van der Waals surface area contributed by atoms with E-state index < -0.39 is 36.4 Å². The van der Waals surface area contributed by atoms with Crippen LogP contribution in [0.2, 0.25) is 0 Å². The standard InChI is InChI=1S/C11H17F3O4/c1-7(11(12,13)14)18-6-10(17)4-2-8(3-5-10)9(15)16/h7-8,17H,2-6H2,1H3,(H,15,16). The molecule has 1 unspecified atom stereocenters. The molecule has 0 aromatic heterocycles. The Balaban J connectivity index is 2.41. The minimum Gasteiger partial charge on any atom is -0.481 e. The highest BCUT2D eigenvalue weighted by Gasteiger charge is 2.41. The molecule has 0 spiro atoms. The van der Waals surface area contributed by atoms with Crippen molar-refractivity contribution in [2.75, 3.05) is 6.61 Å². The van der Waals surface area contributed by atoms with E-state index in [1.54, 1.807) is 0 Å². The SMILES string of the molecule is CC(OCC1(O)CCC(C(=O)O)CC1)C(F)(F)F. The molecule has 0 radical (unpaired) electrons. The Morgan fingerprint density at radius 2 is 1.94 bits per heavy atom. The van der Waals surface area contributed by atoms with Gasteiger partial charge in [-0.15, -0.1) is 0 Å². The number of halogens is 3. The second-order valence-electron chi connectivity index (χ2n) is 4.83. The fourth-order valence-electron chi connectivity index (χ4n) is 1.92. The molecule has 1 saturated carbocycles. The van der Waals surface area contributed by atoms with Crippen LogP contribution in [0.4, 0.5) is 13.2 Å². The number of aliphatic carboxylic acids is 1. The van der Waals surface area contributed by atoms with E-state index in [2.05, 4.69) is 4.74 Å². The van der Waals surface area contributed by atoms with Gasteiger partial charge in [0.1, 0.15) is 0 Å². The van der Waals surface area contributed by atoms with Crippen LogP contribution in [-0.4, -0.2) is 40.7 Å². The maximum Gasteiger partial charge on any atom is 0.414 e. The first-order chi connectivity index (χ1) is 8.14. The molecule has 0 heterocycles. The molecule has 1 aliphatic carbocycles. The van der Waals surface area contributed by atoms with Crippen molar-refractivity contribution in [3.05, 3.63) is 0 Å². The summed E-state index contributed by atoms with van der Waals surface area (Å²) >= 11 is 0. The third-order valence-corrected chi connectivity index (χ3v) is 3.33.